The van der Waals surface area contributed by atoms with E-state index in [0.717, 1.165) is 96.3 Å². The molecule has 14 rings (SSSR count). The van der Waals surface area contributed by atoms with Crippen LogP contribution in [0.3, 0.4) is 0 Å². The van der Waals surface area contributed by atoms with Crippen LogP contribution < -0.4 is 9.47 Å². The Hall–Kier alpha value is -4.28. The minimum atomic E-state index is -0.445. The number of pyridine rings is 2. The number of rotatable bonds is 4. The molecule has 10 aliphatic rings. The number of carbonyl (C=O) groups is 2. The van der Waals surface area contributed by atoms with Gasteiger partial charge < -0.3 is 18.9 Å². The molecule has 50 heavy (non-hydrogen) atoms. The molecule has 4 aromatic rings. The molecule has 8 bridgehead atoms. The third-order valence-corrected chi connectivity index (χ3v) is 12.5. The zero-order chi connectivity index (χ0) is 33.9. The zero-order valence-electron chi connectivity index (χ0n) is 28.7. The number of carbonyl (C=O) groups excluding carboxylic acids is 2. The summed E-state index contributed by atoms with van der Waals surface area (Å²) in [7, 11) is 3.33. The van der Waals surface area contributed by atoms with E-state index in [0.29, 0.717) is 24.7 Å². The summed E-state index contributed by atoms with van der Waals surface area (Å²) in [6.45, 7) is 3.36. The molecule has 260 valence electrons. The van der Waals surface area contributed by atoms with Gasteiger partial charge in [0.25, 0.3) is 0 Å². The van der Waals surface area contributed by atoms with Gasteiger partial charge in [-0.2, -0.15) is 0 Å². The van der Waals surface area contributed by atoms with Crippen LogP contribution >= 0.6 is 0 Å². The van der Waals surface area contributed by atoms with E-state index >= 15 is 0 Å². The number of aromatic nitrogens is 2. The normalized spacial score (nSPS) is 33.8. The Kier molecular flexibility index (Phi) is 8.11. The van der Waals surface area contributed by atoms with Crippen molar-refractivity contribution in [1.29, 1.82) is 0 Å². The Bertz CT molecular complexity index is 1810. The highest BCUT2D eigenvalue weighted by atomic mass is 16.5. The standard InChI is InChI=1S/C40H44N4O6/c1-47-27-3-5-33-31(19-27)29(7-11-41-33)39-35-15-23-9-13-43(35)21-26(23)18-38(46)50-40(30-8-12-42-34-6-4-28(48-2)20-32(30)34)36-16-24-10-14-44(36)22-25(24)17-37(45)49-39/h3-8,11-12,19-20,23-26,35-36,39-40H,9-10,13-18,21-22H2,1-2H3/t23-,24-,25-,26-,35+,36+,39-,40-/m0/s1. The van der Waals surface area contributed by atoms with Crippen LogP contribution in [0.15, 0.2) is 60.9 Å². The Morgan fingerprint density at radius 3 is 1.50 bits per heavy atom. The first-order valence-corrected chi connectivity index (χ1v) is 18.2. The van der Waals surface area contributed by atoms with Crippen molar-refractivity contribution < 1.29 is 28.5 Å². The molecule has 12 heterocycles. The second kappa shape index (κ2) is 12.8. The van der Waals surface area contributed by atoms with E-state index < -0.39 is 12.2 Å². The van der Waals surface area contributed by atoms with Crippen LogP contribution in [0.1, 0.15) is 61.9 Å². The number of benzene rings is 2. The van der Waals surface area contributed by atoms with E-state index in [1.807, 2.05) is 60.9 Å². The SMILES string of the molecule is COc1ccc2nccc([C@@H]3OC(=O)C[C@H]4CN5CC[C@H]4C[C@@H]5[C@H](c4ccnc5ccc(OC)cc45)OC(=O)C[C@H]4CN5CC[C@H]4C[C@H]35)c2c1. The molecule has 2 aromatic heterocycles. The maximum Gasteiger partial charge on any atom is 0.306 e. The zero-order valence-corrected chi connectivity index (χ0v) is 28.7. The first kappa shape index (κ1) is 31.7. The van der Waals surface area contributed by atoms with Crippen LogP contribution in [-0.2, 0) is 19.1 Å². The van der Waals surface area contributed by atoms with Gasteiger partial charge in [0, 0.05) is 60.2 Å². The minimum absolute atomic E-state index is 0.0107. The minimum Gasteiger partial charge on any atom is -0.497 e. The van der Waals surface area contributed by atoms with Crippen molar-refractivity contribution in [2.45, 2.75) is 62.8 Å². The quantitative estimate of drug-likeness (QED) is 0.244. The monoisotopic (exact) mass is 676 g/mol. The smallest absolute Gasteiger partial charge is 0.306 e. The lowest BCUT2D eigenvalue weighted by atomic mass is 9.71. The number of ether oxygens (including phenoxy) is 4. The summed E-state index contributed by atoms with van der Waals surface area (Å²) in [5.41, 5.74) is 3.63. The second-order valence-corrected chi connectivity index (χ2v) is 15.0. The van der Waals surface area contributed by atoms with Crippen molar-refractivity contribution in [2.75, 3.05) is 40.4 Å². The number of esters is 2. The Morgan fingerprint density at radius 2 is 1.10 bits per heavy atom. The fourth-order valence-corrected chi connectivity index (χ4v) is 10.0. The van der Waals surface area contributed by atoms with Crippen LogP contribution in [0.5, 0.6) is 11.5 Å². The van der Waals surface area contributed by atoms with Gasteiger partial charge in [0.1, 0.15) is 23.7 Å². The molecule has 0 aliphatic carbocycles. The molecule has 2 aromatic carbocycles. The largest absolute Gasteiger partial charge is 0.497 e. The lowest BCUT2D eigenvalue weighted by Crippen LogP contribution is -2.57. The molecule has 0 amide bonds. The van der Waals surface area contributed by atoms with Gasteiger partial charge in [-0.3, -0.25) is 29.4 Å². The highest BCUT2D eigenvalue weighted by Crippen LogP contribution is 2.48. The van der Waals surface area contributed by atoms with Crippen molar-refractivity contribution in [3.63, 3.8) is 0 Å². The maximum absolute atomic E-state index is 14.1. The number of methoxy groups -OCH3 is 2. The van der Waals surface area contributed by atoms with Gasteiger partial charge in [-0.1, -0.05) is 0 Å². The molecule has 0 radical (unpaired) electrons. The molecule has 0 N–H and O–H groups in total. The average Bonchev–Trinajstić information content (AvgIpc) is 3.15. The summed E-state index contributed by atoms with van der Waals surface area (Å²) in [6, 6.07) is 15.8. The van der Waals surface area contributed by atoms with E-state index in [1.54, 1.807) is 14.2 Å². The fourth-order valence-electron chi connectivity index (χ4n) is 10.0. The summed E-state index contributed by atoms with van der Waals surface area (Å²) in [6.07, 6.45) is 7.21. The van der Waals surface area contributed by atoms with Gasteiger partial charge in [-0.25, -0.2) is 0 Å². The summed E-state index contributed by atoms with van der Waals surface area (Å²) < 4.78 is 24.5. The third kappa shape index (κ3) is 5.57. The van der Waals surface area contributed by atoms with E-state index in [2.05, 4.69) is 19.8 Å². The Labute approximate surface area is 292 Å². The van der Waals surface area contributed by atoms with Gasteiger partial charge in [0.05, 0.1) is 37.3 Å². The molecule has 10 aliphatic heterocycles. The van der Waals surface area contributed by atoms with Gasteiger partial charge in [-0.05, 0) is 111 Å². The number of fused-ring (bicyclic) bond motifs is 4. The summed E-state index contributed by atoms with van der Waals surface area (Å²) in [4.78, 5) is 42.4. The molecule has 10 nitrogen and oxygen atoms in total. The predicted molar refractivity (Wildman–Crippen MR) is 187 cm³/mol. The number of hydrogen-bond acceptors (Lipinski definition) is 10. The van der Waals surface area contributed by atoms with Crippen molar-refractivity contribution in [2.24, 2.45) is 23.7 Å². The van der Waals surface area contributed by atoms with Crippen LogP contribution in [0.4, 0.5) is 0 Å². The highest BCUT2D eigenvalue weighted by Gasteiger charge is 2.49. The molecule has 10 atom stereocenters. The number of hydrogen-bond donors (Lipinski definition) is 0. The topological polar surface area (TPSA) is 103 Å². The Balaban J connectivity index is 1.09. The van der Waals surface area contributed by atoms with E-state index in [-0.39, 0.29) is 35.9 Å². The molecular weight excluding hydrogens is 632 g/mol. The second-order valence-electron chi connectivity index (χ2n) is 15.0. The molecule has 10 saturated heterocycles. The molecule has 0 saturated carbocycles. The van der Waals surface area contributed by atoms with Crippen molar-refractivity contribution in [3.05, 3.63) is 72.1 Å². The van der Waals surface area contributed by atoms with Gasteiger partial charge in [0.2, 0.25) is 0 Å². The maximum atomic E-state index is 14.1. The van der Waals surface area contributed by atoms with Crippen LogP contribution in [-0.4, -0.2) is 84.2 Å². The van der Waals surface area contributed by atoms with Crippen molar-refractivity contribution >= 4 is 33.7 Å². The average molecular weight is 677 g/mol. The van der Waals surface area contributed by atoms with E-state index in [9.17, 15) is 9.59 Å². The number of piperidine rings is 6. The number of nitrogens with zero attached hydrogens (tertiary/aromatic N) is 4. The summed E-state index contributed by atoms with van der Waals surface area (Å²) in [5.74, 6) is 2.22. The third-order valence-electron chi connectivity index (χ3n) is 12.5. The van der Waals surface area contributed by atoms with E-state index in [4.69, 9.17) is 18.9 Å². The van der Waals surface area contributed by atoms with Crippen molar-refractivity contribution in [3.8, 4) is 11.5 Å². The lowest BCUT2D eigenvalue weighted by Gasteiger charge is -2.53. The summed E-state index contributed by atoms with van der Waals surface area (Å²) >= 11 is 0. The molecule has 2 unspecified atom stereocenters. The van der Waals surface area contributed by atoms with Gasteiger partial charge in [0.15, 0.2) is 0 Å². The van der Waals surface area contributed by atoms with Crippen molar-refractivity contribution in [1.82, 2.24) is 19.8 Å². The van der Waals surface area contributed by atoms with E-state index in [1.165, 1.54) is 0 Å². The van der Waals surface area contributed by atoms with Gasteiger partial charge >= 0.3 is 11.9 Å². The first-order valence-electron chi connectivity index (χ1n) is 18.2. The Morgan fingerprint density at radius 1 is 0.640 bits per heavy atom. The van der Waals surface area contributed by atoms with Crippen LogP contribution in [0, 0.1) is 23.7 Å². The molecule has 0 spiro atoms. The lowest BCUT2D eigenvalue weighted by molar-refractivity contribution is -0.169. The predicted octanol–water partition coefficient (Wildman–Crippen LogP) is 5.88. The first-order chi connectivity index (χ1) is 24.4. The summed E-state index contributed by atoms with van der Waals surface area (Å²) in [5, 5.41) is 1.89. The molecule has 10 heteroatoms. The molecular formula is C40H44N4O6. The fraction of sp³-hybridized carbons (Fsp3) is 0.500. The van der Waals surface area contributed by atoms with Crippen LogP contribution in [0.25, 0.3) is 21.8 Å². The molecule has 10 fully saturated rings. The van der Waals surface area contributed by atoms with Gasteiger partial charge in [-0.15, -0.1) is 0 Å². The van der Waals surface area contributed by atoms with Crippen LogP contribution in [0.2, 0.25) is 0 Å². The highest BCUT2D eigenvalue weighted by molar-refractivity contribution is 5.85.